The smallest absolute Gasteiger partial charge is 0.343 e. The van der Waals surface area contributed by atoms with Crippen molar-refractivity contribution < 1.29 is 33.1 Å². The number of benzene rings is 2. The number of aromatic hydroxyl groups is 1. The first-order valence-corrected chi connectivity index (χ1v) is 9.39. The third-order valence-corrected chi connectivity index (χ3v) is 4.45. The Morgan fingerprint density at radius 3 is 2.38 bits per heavy atom. The standard InChI is InChI=1S/C12H9F2N3O4.C9H10O4/c1-6-3-11(18)16(12(19)15(6)2)9-4-8(14)10(17(20)21)5-7(9)13;1-12-9(11)6-13-8-5-3-2-4-7(8)10/h3-5H,1-2H3;2-5,10H,6H2,1H3. The van der Waals surface area contributed by atoms with E-state index in [0.717, 1.165) is 10.6 Å². The van der Waals surface area contributed by atoms with Gasteiger partial charge in [0.2, 0.25) is 5.82 Å². The third-order valence-electron chi connectivity index (χ3n) is 4.45. The lowest BCUT2D eigenvalue weighted by Crippen LogP contribution is -2.38. The lowest BCUT2D eigenvalue weighted by Gasteiger charge is -2.10. The summed E-state index contributed by atoms with van der Waals surface area (Å²) in [7, 11) is 2.63. The Balaban J connectivity index is 0.000000270. The summed E-state index contributed by atoms with van der Waals surface area (Å²) < 4.78 is 38.3. The summed E-state index contributed by atoms with van der Waals surface area (Å²) in [5.74, 6) is -2.79. The van der Waals surface area contributed by atoms with Crippen LogP contribution in [0.1, 0.15) is 5.69 Å². The van der Waals surface area contributed by atoms with Crippen molar-refractivity contribution in [3.63, 3.8) is 0 Å². The molecule has 0 spiro atoms. The number of nitro benzene ring substituents is 1. The summed E-state index contributed by atoms with van der Waals surface area (Å²) >= 11 is 0. The molecule has 0 atom stereocenters. The molecule has 1 aromatic heterocycles. The second kappa shape index (κ2) is 10.8. The van der Waals surface area contributed by atoms with Crippen molar-refractivity contribution in [2.45, 2.75) is 6.92 Å². The second-order valence-electron chi connectivity index (χ2n) is 6.65. The minimum atomic E-state index is -1.34. The fourth-order valence-electron chi connectivity index (χ4n) is 2.57. The van der Waals surface area contributed by atoms with E-state index in [9.17, 15) is 38.4 Å². The topological polar surface area (TPSA) is 143 Å². The number of para-hydroxylation sites is 2. The van der Waals surface area contributed by atoms with E-state index < -0.39 is 45.2 Å². The van der Waals surface area contributed by atoms with Crippen molar-refractivity contribution in [3.05, 3.63) is 90.7 Å². The van der Waals surface area contributed by atoms with Crippen LogP contribution >= 0.6 is 0 Å². The third kappa shape index (κ3) is 5.82. The Morgan fingerprint density at radius 2 is 1.79 bits per heavy atom. The van der Waals surface area contributed by atoms with Crippen molar-refractivity contribution in [1.29, 1.82) is 0 Å². The van der Waals surface area contributed by atoms with Crippen molar-refractivity contribution in [1.82, 2.24) is 9.13 Å². The average Bonchev–Trinajstić information content (AvgIpc) is 2.79. The molecule has 3 rings (SSSR count). The molecule has 0 bridgehead atoms. The molecule has 0 unspecified atom stereocenters. The van der Waals surface area contributed by atoms with Crippen LogP contribution in [0.2, 0.25) is 0 Å². The number of halogens is 2. The molecule has 0 aliphatic rings. The highest BCUT2D eigenvalue weighted by molar-refractivity contribution is 5.71. The molecule has 34 heavy (non-hydrogen) atoms. The number of methoxy groups -OCH3 is 1. The van der Waals surface area contributed by atoms with Crippen LogP contribution in [-0.4, -0.2) is 38.9 Å². The van der Waals surface area contributed by atoms with Gasteiger partial charge in [-0.3, -0.25) is 14.9 Å². The number of phenols is 1. The van der Waals surface area contributed by atoms with E-state index in [0.29, 0.717) is 22.4 Å². The SMILES string of the molecule is COC(=O)COc1ccccc1O.Cc1cc(=O)n(-c2cc(F)c([N+](=O)[O-])cc2F)c(=O)n1C. The number of phenolic OH excluding ortho intramolecular Hbond substituents is 1. The molecule has 0 saturated carbocycles. The Labute approximate surface area is 190 Å². The summed E-state index contributed by atoms with van der Waals surface area (Å²) in [4.78, 5) is 43.9. The molecular weight excluding hydrogens is 460 g/mol. The van der Waals surface area contributed by atoms with Gasteiger partial charge in [0.15, 0.2) is 23.9 Å². The van der Waals surface area contributed by atoms with Gasteiger partial charge in [-0.2, -0.15) is 4.39 Å². The van der Waals surface area contributed by atoms with Crippen LogP contribution in [0.5, 0.6) is 11.5 Å². The van der Waals surface area contributed by atoms with E-state index in [2.05, 4.69) is 4.74 Å². The Hall–Kier alpha value is -4.55. The zero-order valence-corrected chi connectivity index (χ0v) is 18.2. The fourth-order valence-corrected chi connectivity index (χ4v) is 2.57. The first-order chi connectivity index (χ1) is 16.0. The van der Waals surface area contributed by atoms with Gasteiger partial charge in [-0.25, -0.2) is 18.5 Å². The van der Waals surface area contributed by atoms with Crippen LogP contribution in [0.25, 0.3) is 5.69 Å². The number of aryl methyl sites for hydroxylation is 1. The molecule has 0 radical (unpaired) electrons. The Bertz CT molecular complexity index is 1350. The lowest BCUT2D eigenvalue weighted by molar-refractivity contribution is -0.387. The lowest BCUT2D eigenvalue weighted by atomic mass is 10.2. The Morgan fingerprint density at radius 1 is 1.15 bits per heavy atom. The molecule has 0 amide bonds. The van der Waals surface area contributed by atoms with E-state index in [1.165, 1.54) is 27.1 Å². The molecule has 0 saturated heterocycles. The van der Waals surface area contributed by atoms with Gasteiger partial charge >= 0.3 is 17.3 Å². The van der Waals surface area contributed by atoms with Gasteiger partial charge in [0.05, 0.1) is 23.8 Å². The molecule has 180 valence electrons. The summed E-state index contributed by atoms with van der Waals surface area (Å²) in [5.41, 5.74) is -3.16. The number of carbonyl (C=O) groups excluding carboxylic acids is 1. The zero-order valence-electron chi connectivity index (χ0n) is 18.2. The second-order valence-corrected chi connectivity index (χ2v) is 6.65. The molecule has 0 fully saturated rings. The molecule has 0 aliphatic carbocycles. The highest BCUT2D eigenvalue weighted by Gasteiger charge is 2.21. The summed E-state index contributed by atoms with van der Waals surface area (Å²) in [5, 5.41) is 19.7. The number of hydrogen-bond donors (Lipinski definition) is 1. The van der Waals surface area contributed by atoms with E-state index in [4.69, 9.17) is 4.74 Å². The zero-order chi connectivity index (χ0) is 25.6. The highest BCUT2D eigenvalue weighted by Crippen LogP contribution is 2.24. The summed E-state index contributed by atoms with van der Waals surface area (Å²) in [6.45, 7) is 1.30. The maximum Gasteiger partial charge on any atom is 0.343 e. The molecule has 0 aliphatic heterocycles. The number of ether oxygens (including phenoxy) is 2. The van der Waals surface area contributed by atoms with Gasteiger partial charge in [-0.05, 0) is 19.1 Å². The van der Waals surface area contributed by atoms with Crippen LogP contribution in [-0.2, 0) is 16.6 Å². The predicted molar refractivity (Wildman–Crippen MR) is 114 cm³/mol. The predicted octanol–water partition coefficient (Wildman–Crippen LogP) is 1.98. The largest absolute Gasteiger partial charge is 0.504 e. The minimum absolute atomic E-state index is 0.00593. The average molecular weight is 479 g/mol. The van der Waals surface area contributed by atoms with Crippen LogP contribution in [0.15, 0.2) is 52.1 Å². The number of nitro groups is 1. The van der Waals surface area contributed by atoms with Crippen molar-refractivity contribution in [3.8, 4) is 17.2 Å². The maximum atomic E-state index is 13.9. The number of carbonyl (C=O) groups is 1. The van der Waals surface area contributed by atoms with Gasteiger partial charge < -0.3 is 19.1 Å². The monoisotopic (exact) mass is 479 g/mol. The Kier molecular flexibility index (Phi) is 8.20. The first kappa shape index (κ1) is 25.7. The fraction of sp³-hybridized carbons (Fsp3) is 0.190. The quantitative estimate of drug-likeness (QED) is 0.332. The van der Waals surface area contributed by atoms with E-state index in [1.54, 1.807) is 18.2 Å². The van der Waals surface area contributed by atoms with Gasteiger partial charge in [0, 0.05) is 24.9 Å². The van der Waals surface area contributed by atoms with Crippen LogP contribution in [0.4, 0.5) is 14.5 Å². The number of rotatable bonds is 5. The number of esters is 1. The number of hydrogen-bond acceptors (Lipinski definition) is 8. The summed E-state index contributed by atoms with van der Waals surface area (Å²) in [6.07, 6.45) is 0. The number of aromatic nitrogens is 2. The van der Waals surface area contributed by atoms with Crippen molar-refractivity contribution >= 4 is 11.7 Å². The van der Waals surface area contributed by atoms with E-state index in [1.807, 2.05) is 0 Å². The minimum Gasteiger partial charge on any atom is -0.504 e. The van der Waals surface area contributed by atoms with Gasteiger partial charge in [-0.1, -0.05) is 12.1 Å². The normalized spacial score (nSPS) is 10.1. The number of nitrogens with zero attached hydrogens (tertiary/aromatic N) is 3. The molecule has 2 aromatic carbocycles. The molecule has 1 N–H and O–H groups in total. The van der Waals surface area contributed by atoms with Crippen LogP contribution in [0, 0.1) is 28.7 Å². The highest BCUT2D eigenvalue weighted by atomic mass is 19.1. The first-order valence-electron chi connectivity index (χ1n) is 9.39. The molecule has 11 nitrogen and oxygen atoms in total. The molecule has 3 aromatic rings. The van der Waals surface area contributed by atoms with E-state index >= 15 is 0 Å². The molecule has 13 heteroatoms. The van der Waals surface area contributed by atoms with Crippen LogP contribution < -0.4 is 16.0 Å². The van der Waals surface area contributed by atoms with Crippen LogP contribution in [0.3, 0.4) is 0 Å². The van der Waals surface area contributed by atoms with E-state index in [-0.39, 0.29) is 18.1 Å². The van der Waals surface area contributed by atoms with Crippen molar-refractivity contribution in [2.75, 3.05) is 13.7 Å². The molecular formula is C21H19F2N3O8. The maximum absolute atomic E-state index is 13.9. The summed E-state index contributed by atoms with van der Waals surface area (Å²) in [6, 6.07) is 8.26. The van der Waals surface area contributed by atoms with Gasteiger partial charge in [-0.15, -0.1) is 0 Å². The molecule has 1 heterocycles. The van der Waals surface area contributed by atoms with Crippen molar-refractivity contribution in [2.24, 2.45) is 7.05 Å². The van der Waals surface area contributed by atoms with Gasteiger partial charge in [0.1, 0.15) is 0 Å². The van der Waals surface area contributed by atoms with Gasteiger partial charge in [0.25, 0.3) is 5.56 Å².